The molecule has 4 rings (SSSR count). The van der Waals surface area contributed by atoms with Crippen molar-refractivity contribution in [3.8, 4) is 0 Å². The first-order valence-electron chi connectivity index (χ1n) is 9.60. The van der Waals surface area contributed by atoms with Crippen LogP contribution in [0.3, 0.4) is 0 Å². The number of carbonyl (C=O) groups excluding carboxylic acids is 1. The van der Waals surface area contributed by atoms with Gasteiger partial charge in [-0.25, -0.2) is 9.50 Å². The molecule has 10 nitrogen and oxygen atoms in total. The molecule has 3 atom stereocenters. The number of hydrogen-bond acceptors (Lipinski definition) is 7. The quantitative estimate of drug-likeness (QED) is 0.483. The van der Waals surface area contributed by atoms with Gasteiger partial charge >= 0.3 is 6.18 Å². The van der Waals surface area contributed by atoms with Crippen molar-refractivity contribution in [2.75, 3.05) is 10.6 Å². The standard InChI is InChI=1S/C18H21F3N8O2/c1-28-8-11(15(27-28)18(19,20)21)25-17(31)9-7-23-29-6-5-13(26-16(9)29)24-10-3-2-4-12(30)14(10)22/h5-8,10,12,14,30H,2-4,22H2,1H3,(H,24,26)(H,25,31)/t10-,12?,14-/m1/s1. The fraction of sp³-hybridized carbons (Fsp3) is 0.444. The van der Waals surface area contributed by atoms with Crippen molar-refractivity contribution in [1.82, 2.24) is 24.4 Å². The Morgan fingerprint density at radius 3 is 2.87 bits per heavy atom. The molecule has 166 valence electrons. The number of carbonyl (C=O) groups is 1. The first-order chi connectivity index (χ1) is 14.6. The second kappa shape index (κ2) is 7.81. The zero-order valence-corrected chi connectivity index (χ0v) is 16.5. The molecule has 3 heterocycles. The average molecular weight is 438 g/mol. The smallest absolute Gasteiger partial charge is 0.391 e. The van der Waals surface area contributed by atoms with Gasteiger partial charge in [-0.1, -0.05) is 0 Å². The summed E-state index contributed by atoms with van der Waals surface area (Å²) in [6.07, 6.45) is 0.715. The molecule has 0 bridgehead atoms. The second-order valence-corrected chi connectivity index (χ2v) is 7.48. The summed E-state index contributed by atoms with van der Waals surface area (Å²) in [7, 11) is 1.33. The Kier molecular flexibility index (Phi) is 5.31. The number of nitrogens with one attached hydrogen (secondary N) is 2. The van der Waals surface area contributed by atoms with Crippen LogP contribution in [0, 0.1) is 0 Å². The van der Waals surface area contributed by atoms with E-state index in [-0.39, 0.29) is 17.3 Å². The number of fused-ring (bicyclic) bond motifs is 1. The molecule has 1 fully saturated rings. The number of rotatable bonds is 4. The number of anilines is 2. The number of alkyl halides is 3. The van der Waals surface area contributed by atoms with E-state index in [4.69, 9.17) is 5.73 Å². The lowest BCUT2D eigenvalue weighted by Gasteiger charge is -2.33. The largest absolute Gasteiger partial charge is 0.437 e. The van der Waals surface area contributed by atoms with Crippen molar-refractivity contribution >= 4 is 23.1 Å². The van der Waals surface area contributed by atoms with E-state index in [0.29, 0.717) is 12.2 Å². The first kappa shape index (κ1) is 21.1. The van der Waals surface area contributed by atoms with E-state index in [1.807, 2.05) is 0 Å². The molecule has 0 aliphatic heterocycles. The number of aryl methyl sites for hydroxylation is 1. The van der Waals surface area contributed by atoms with E-state index in [1.165, 1.54) is 17.8 Å². The van der Waals surface area contributed by atoms with Gasteiger partial charge in [-0.2, -0.15) is 23.4 Å². The Morgan fingerprint density at radius 2 is 2.13 bits per heavy atom. The Hall–Kier alpha value is -3.19. The minimum Gasteiger partial charge on any atom is -0.391 e. The average Bonchev–Trinajstić information content (AvgIpc) is 3.28. The van der Waals surface area contributed by atoms with Crippen LogP contribution >= 0.6 is 0 Å². The van der Waals surface area contributed by atoms with Gasteiger partial charge in [-0.05, 0) is 25.3 Å². The van der Waals surface area contributed by atoms with Gasteiger partial charge in [0, 0.05) is 25.5 Å². The fourth-order valence-electron chi connectivity index (χ4n) is 3.65. The third kappa shape index (κ3) is 4.18. The highest BCUT2D eigenvalue weighted by Crippen LogP contribution is 2.33. The zero-order valence-electron chi connectivity index (χ0n) is 16.5. The topological polar surface area (TPSA) is 135 Å². The van der Waals surface area contributed by atoms with E-state index in [1.54, 1.807) is 12.3 Å². The van der Waals surface area contributed by atoms with Crippen LogP contribution in [0.2, 0.25) is 0 Å². The molecule has 0 spiro atoms. The van der Waals surface area contributed by atoms with Crippen molar-refractivity contribution in [2.24, 2.45) is 12.8 Å². The van der Waals surface area contributed by atoms with Crippen LogP contribution in [0.1, 0.15) is 35.3 Å². The lowest BCUT2D eigenvalue weighted by molar-refractivity contribution is -0.140. The molecule has 1 saturated carbocycles. The van der Waals surface area contributed by atoms with Gasteiger partial charge in [-0.3, -0.25) is 9.48 Å². The molecule has 31 heavy (non-hydrogen) atoms. The van der Waals surface area contributed by atoms with Gasteiger partial charge in [0.15, 0.2) is 11.3 Å². The van der Waals surface area contributed by atoms with Crippen LogP contribution in [0.15, 0.2) is 24.7 Å². The molecule has 3 aromatic heterocycles. The van der Waals surface area contributed by atoms with Crippen LogP contribution < -0.4 is 16.4 Å². The fourth-order valence-corrected chi connectivity index (χ4v) is 3.65. The van der Waals surface area contributed by atoms with Crippen molar-refractivity contribution < 1.29 is 23.1 Å². The molecular formula is C18H21F3N8O2. The molecule has 1 unspecified atom stereocenters. The highest BCUT2D eigenvalue weighted by Gasteiger charge is 2.38. The molecule has 5 N–H and O–H groups in total. The lowest BCUT2D eigenvalue weighted by atomic mass is 9.88. The van der Waals surface area contributed by atoms with Gasteiger partial charge in [0.05, 0.1) is 24.0 Å². The maximum absolute atomic E-state index is 13.1. The molecule has 1 aliphatic carbocycles. The molecule has 13 heteroatoms. The number of hydrogen-bond donors (Lipinski definition) is 4. The van der Waals surface area contributed by atoms with Crippen molar-refractivity contribution in [3.63, 3.8) is 0 Å². The number of aliphatic hydroxyl groups excluding tert-OH is 1. The maximum atomic E-state index is 13.1. The number of nitrogens with two attached hydrogens (primary N) is 1. The number of nitrogens with zero attached hydrogens (tertiary/aromatic N) is 5. The Balaban J connectivity index is 1.59. The maximum Gasteiger partial charge on any atom is 0.437 e. The van der Waals surface area contributed by atoms with Crippen LogP contribution in [-0.2, 0) is 13.2 Å². The van der Waals surface area contributed by atoms with E-state index in [2.05, 4.69) is 25.8 Å². The second-order valence-electron chi connectivity index (χ2n) is 7.48. The van der Waals surface area contributed by atoms with E-state index in [0.717, 1.165) is 23.7 Å². The summed E-state index contributed by atoms with van der Waals surface area (Å²) in [5.74, 6) is -0.392. The summed E-state index contributed by atoms with van der Waals surface area (Å²) in [6.45, 7) is 0. The Bertz CT molecular complexity index is 1110. The van der Waals surface area contributed by atoms with Crippen LogP contribution in [0.25, 0.3) is 5.65 Å². The predicted molar refractivity (Wildman–Crippen MR) is 104 cm³/mol. The first-order valence-corrected chi connectivity index (χ1v) is 9.60. The molecular weight excluding hydrogens is 417 g/mol. The van der Waals surface area contributed by atoms with Gasteiger partial charge in [-0.15, -0.1) is 0 Å². The molecule has 1 aliphatic rings. The van der Waals surface area contributed by atoms with Gasteiger partial charge < -0.3 is 21.5 Å². The molecule has 3 aromatic rings. The molecule has 0 saturated heterocycles. The lowest BCUT2D eigenvalue weighted by Crippen LogP contribution is -2.51. The highest BCUT2D eigenvalue weighted by molar-refractivity contribution is 6.08. The van der Waals surface area contributed by atoms with Crippen LogP contribution in [-0.4, -0.2) is 53.6 Å². The Labute approximate surface area is 174 Å². The Morgan fingerprint density at radius 1 is 1.35 bits per heavy atom. The summed E-state index contributed by atoms with van der Waals surface area (Å²) in [5, 5.41) is 22.8. The minimum absolute atomic E-state index is 0.00592. The third-order valence-electron chi connectivity index (χ3n) is 5.22. The SMILES string of the molecule is Cn1cc(NC(=O)c2cnn3ccc(N[C@@H]4CCCC(O)[C@@H]4N)nc23)c(C(F)(F)F)n1. The van der Waals surface area contributed by atoms with Gasteiger partial charge in [0.2, 0.25) is 0 Å². The van der Waals surface area contributed by atoms with Crippen molar-refractivity contribution in [1.29, 1.82) is 0 Å². The number of halogens is 3. The summed E-state index contributed by atoms with van der Waals surface area (Å²) in [4.78, 5) is 17.1. The predicted octanol–water partition coefficient (Wildman–Crippen LogP) is 1.39. The molecule has 1 amide bonds. The summed E-state index contributed by atoms with van der Waals surface area (Å²) in [6, 6.07) is 0.965. The number of amides is 1. The van der Waals surface area contributed by atoms with Crippen LogP contribution in [0.4, 0.5) is 24.7 Å². The third-order valence-corrected chi connectivity index (χ3v) is 5.22. The van der Waals surface area contributed by atoms with Gasteiger partial charge in [0.25, 0.3) is 5.91 Å². The highest BCUT2D eigenvalue weighted by atomic mass is 19.4. The van der Waals surface area contributed by atoms with E-state index < -0.39 is 35.6 Å². The van der Waals surface area contributed by atoms with Crippen molar-refractivity contribution in [2.45, 2.75) is 43.6 Å². The minimum atomic E-state index is -4.72. The summed E-state index contributed by atoms with van der Waals surface area (Å²) >= 11 is 0. The summed E-state index contributed by atoms with van der Waals surface area (Å²) in [5.41, 5.74) is 4.55. The van der Waals surface area contributed by atoms with Crippen LogP contribution in [0.5, 0.6) is 0 Å². The number of aromatic nitrogens is 5. The monoisotopic (exact) mass is 438 g/mol. The van der Waals surface area contributed by atoms with Crippen molar-refractivity contribution in [3.05, 3.63) is 35.9 Å². The summed E-state index contributed by atoms with van der Waals surface area (Å²) < 4.78 is 41.8. The normalized spacial score (nSPS) is 21.9. The zero-order chi connectivity index (χ0) is 22.3. The van der Waals surface area contributed by atoms with E-state index >= 15 is 0 Å². The molecule has 0 aromatic carbocycles. The van der Waals surface area contributed by atoms with Gasteiger partial charge in [0.1, 0.15) is 11.4 Å². The van der Waals surface area contributed by atoms with E-state index in [9.17, 15) is 23.1 Å². The molecule has 0 radical (unpaired) electrons. The number of aliphatic hydroxyl groups is 1.